The fraction of sp³-hybridized carbons (Fsp3) is 0.846. The SMILES string of the molecule is CNC(=O)C1CCN(CC(=O)NC(C)COC)CC1. The van der Waals surface area contributed by atoms with Gasteiger partial charge in [-0.15, -0.1) is 0 Å². The predicted octanol–water partition coefficient (Wildman–Crippen LogP) is -0.404. The van der Waals surface area contributed by atoms with E-state index in [0.717, 1.165) is 25.9 Å². The van der Waals surface area contributed by atoms with E-state index in [0.29, 0.717) is 13.2 Å². The maximum absolute atomic E-state index is 11.8. The Morgan fingerprint density at radius 2 is 2.00 bits per heavy atom. The average molecular weight is 271 g/mol. The Hall–Kier alpha value is -1.14. The summed E-state index contributed by atoms with van der Waals surface area (Å²) < 4.78 is 4.97. The fourth-order valence-electron chi connectivity index (χ4n) is 2.37. The minimum absolute atomic E-state index is 0.0166. The highest BCUT2D eigenvalue weighted by Gasteiger charge is 2.25. The number of nitrogens with one attached hydrogen (secondary N) is 2. The third-order valence-electron chi connectivity index (χ3n) is 3.40. The molecule has 0 bridgehead atoms. The summed E-state index contributed by atoms with van der Waals surface area (Å²) in [6, 6.07) is 0.0286. The number of nitrogens with zero attached hydrogens (tertiary/aromatic N) is 1. The Morgan fingerprint density at radius 3 is 2.53 bits per heavy atom. The van der Waals surface area contributed by atoms with E-state index in [9.17, 15) is 9.59 Å². The molecule has 0 radical (unpaired) electrons. The lowest BCUT2D eigenvalue weighted by Crippen LogP contribution is -2.46. The number of likely N-dealkylation sites (tertiary alicyclic amines) is 1. The van der Waals surface area contributed by atoms with Crippen LogP contribution in [-0.4, -0.2) is 63.2 Å². The number of carbonyl (C=O) groups is 2. The summed E-state index contributed by atoms with van der Waals surface area (Å²) in [5, 5.41) is 5.57. The third-order valence-corrected chi connectivity index (χ3v) is 3.40. The van der Waals surface area contributed by atoms with Crippen LogP contribution in [0, 0.1) is 5.92 Å². The highest BCUT2D eigenvalue weighted by Crippen LogP contribution is 2.16. The number of methoxy groups -OCH3 is 1. The number of amides is 2. The predicted molar refractivity (Wildman–Crippen MR) is 72.7 cm³/mol. The monoisotopic (exact) mass is 271 g/mol. The molecule has 1 aliphatic heterocycles. The summed E-state index contributed by atoms with van der Waals surface area (Å²) in [4.78, 5) is 25.4. The molecular weight excluding hydrogens is 246 g/mol. The third kappa shape index (κ3) is 5.57. The van der Waals surface area contributed by atoms with E-state index in [2.05, 4.69) is 15.5 Å². The van der Waals surface area contributed by atoms with Crippen molar-refractivity contribution in [2.45, 2.75) is 25.8 Å². The molecule has 1 aliphatic rings. The molecule has 1 heterocycles. The van der Waals surface area contributed by atoms with Crippen LogP contribution >= 0.6 is 0 Å². The molecule has 19 heavy (non-hydrogen) atoms. The molecule has 0 aromatic carbocycles. The summed E-state index contributed by atoms with van der Waals surface area (Å²) in [6.45, 7) is 4.42. The average Bonchev–Trinajstić information content (AvgIpc) is 2.38. The van der Waals surface area contributed by atoms with Crippen molar-refractivity contribution in [3.63, 3.8) is 0 Å². The van der Waals surface area contributed by atoms with Crippen molar-refractivity contribution in [1.82, 2.24) is 15.5 Å². The van der Waals surface area contributed by atoms with Gasteiger partial charge in [0, 0.05) is 26.1 Å². The van der Waals surface area contributed by atoms with Crippen LogP contribution in [0.15, 0.2) is 0 Å². The molecule has 110 valence electrons. The van der Waals surface area contributed by atoms with Gasteiger partial charge in [-0.3, -0.25) is 14.5 Å². The van der Waals surface area contributed by atoms with Crippen LogP contribution in [0.2, 0.25) is 0 Å². The zero-order chi connectivity index (χ0) is 14.3. The Bertz CT molecular complexity index is 302. The minimum atomic E-state index is 0.0166. The van der Waals surface area contributed by atoms with Gasteiger partial charge >= 0.3 is 0 Å². The number of ether oxygens (including phenoxy) is 1. The summed E-state index contributed by atoms with van der Waals surface area (Å²) >= 11 is 0. The first kappa shape index (κ1) is 15.9. The Kier molecular flexibility index (Phi) is 6.80. The largest absolute Gasteiger partial charge is 0.383 e. The molecule has 1 atom stereocenters. The van der Waals surface area contributed by atoms with Crippen molar-refractivity contribution in [3.8, 4) is 0 Å². The summed E-state index contributed by atoms with van der Waals surface area (Å²) in [7, 11) is 3.28. The minimum Gasteiger partial charge on any atom is -0.383 e. The van der Waals surface area contributed by atoms with Crippen LogP contribution in [0.25, 0.3) is 0 Å². The number of hydrogen-bond acceptors (Lipinski definition) is 4. The Morgan fingerprint density at radius 1 is 1.37 bits per heavy atom. The highest BCUT2D eigenvalue weighted by atomic mass is 16.5. The van der Waals surface area contributed by atoms with Gasteiger partial charge in [0.1, 0.15) is 0 Å². The topological polar surface area (TPSA) is 70.7 Å². The normalized spacial score (nSPS) is 18.9. The molecule has 0 saturated carbocycles. The van der Waals surface area contributed by atoms with E-state index in [-0.39, 0.29) is 23.8 Å². The van der Waals surface area contributed by atoms with Crippen molar-refractivity contribution < 1.29 is 14.3 Å². The Labute approximate surface area is 114 Å². The maximum atomic E-state index is 11.8. The molecule has 0 aliphatic carbocycles. The van der Waals surface area contributed by atoms with E-state index >= 15 is 0 Å². The highest BCUT2D eigenvalue weighted by molar-refractivity contribution is 5.79. The molecule has 1 rings (SSSR count). The summed E-state index contributed by atoms with van der Waals surface area (Å²) in [5.74, 6) is 0.220. The maximum Gasteiger partial charge on any atom is 0.234 e. The van der Waals surface area contributed by atoms with Crippen molar-refractivity contribution in [3.05, 3.63) is 0 Å². The van der Waals surface area contributed by atoms with Gasteiger partial charge in [-0.05, 0) is 32.9 Å². The van der Waals surface area contributed by atoms with Gasteiger partial charge < -0.3 is 15.4 Å². The molecular formula is C13H25N3O3. The molecule has 0 aromatic rings. The van der Waals surface area contributed by atoms with E-state index in [1.807, 2.05) is 6.92 Å². The van der Waals surface area contributed by atoms with Gasteiger partial charge in [0.2, 0.25) is 11.8 Å². The van der Waals surface area contributed by atoms with Crippen molar-refractivity contribution in [1.29, 1.82) is 0 Å². The lowest BCUT2D eigenvalue weighted by atomic mass is 9.96. The Balaban J connectivity index is 2.25. The zero-order valence-electron chi connectivity index (χ0n) is 12.1. The molecule has 2 amide bonds. The van der Waals surface area contributed by atoms with Gasteiger partial charge in [0.15, 0.2) is 0 Å². The molecule has 6 nitrogen and oxygen atoms in total. The van der Waals surface area contributed by atoms with Gasteiger partial charge in [0.25, 0.3) is 0 Å². The fourth-order valence-corrected chi connectivity index (χ4v) is 2.37. The van der Waals surface area contributed by atoms with Gasteiger partial charge in [-0.1, -0.05) is 0 Å². The second-order valence-electron chi connectivity index (χ2n) is 5.09. The van der Waals surface area contributed by atoms with Crippen molar-refractivity contribution >= 4 is 11.8 Å². The van der Waals surface area contributed by atoms with Crippen LogP contribution in [0.5, 0.6) is 0 Å². The molecule has 1 fully saturated rings. The molecule has 0 spiro atoms. The smallest absolute Gasteiger partial charge is 0.234 e. The molecule has 0 aromatic heterocycles. The van der Waals surface area contributed by atoms with E-state index in [4.69, 9.17) is 4.74 Å². The van der Waals surface area contributed by atoms with E-state index in [1.54, 1.807) is 14.2 Å². The number of hydrogen-bond donors (Lipinski definition) is 2. The van der Waals surface area contributed by atoms with Crippen LogP contribution in [-0.2, 0) is 14.3 Å². The van der Waals surface area contributed by atoms with Crippen LogP contribution in [0.4, 0.5) is 0 Å². The second kappa shape index (κ2) is 8.12. The van der Waals surface area contributed by atoms with Gasteiger partial charge in [-0.2, -0.15) is 0 Å². The van der Waals surface area contributed by atoms with E-state index < -0.39 is 0 Å². The van der Waals surface area contributed by atoms with Crippen LogP contribution < -0.4 is 10.6 Å². The molecule has 1 saturated heterocycles. The zero-order valence-corrected chi connectivity index (χ0v) is 12.1. The number of carbonyl (C=O) groups excluding carboxylic acids is 2. The lowest BCUT2D eigenvalue weighted by Gasteiger charge is -2.30. The first-order valence-electron chi connectivity index (χ1n) is 6.79. The first-order chi connectivity index (χ1) is 9.06. The molecule has 2 N–H and O–H groups in total. The standard InChI is InChI=1S/C13H25N3O3/c1-10(9-19-3)15-12(17)8-16-6-4-11(5-7-16)13(18)14-2/h10-11H,4-9H2,1-3H3,(H,14,18)(H,15,17). The van der Waals surface area contributed by atoms with Gasteiger partial charge in [0.05, 0.1) is 13.2 Å². The first-order valence-corrected chi connectivity index (χ1v) is 6.79. The summed E-state index contributed by atoms with van der Waals surface area (Å²) in [5.41, 5.74) is 0. The lowest BCUT2D eigenvalue weighted by molar-refractivity contribution is -0.126. The van der Waals surface area contributed by atoms with E-state index in [1.165, 1.54) is 0 Å². The quantitative estimate of drug-likeness (QED) is 0.689. The number of rotatable bonds is 6. The number of piperidine rings is 1. The molecule has 1 unspecified atom stereocenters. The van der Waals surface area contributed by atoms with Crippen molar-refractivity contribution in [2.75, 3.05) is 40.4 Å². The summed E-state index contributed by atoms with van der Waals surface area (Å²) in [6.07, 6.45) is 1.64. The molecule has 6 heteroatoms. The van der Waals surface area contributed by atoms with Gasteiger partial charge in [-0.25, -0.2) is 0 Å². The van der Waals surface area contributed by atoms with Crippen LogP contribution in [0.3, 0.4) is 0 Å². The van der Waals surface area contributed by atoms with Crippen LogP contribution in [0.1, 0.15) is 19.8 Å². The second-order valence-corrected chi connectivity index (χ2v) is 5.09. The van der Waals surface area contributed by atoms with Crippen molar-refractivity contribution in [2.24, 2.45) is 5.92 Å².